The number of aromatic nitrogens is 2. The molecule has 0 bridgehead atoms. The first-order valence-corrected chi connectivity index (χ1v) is 18.1. The van der Waals surface area contributed by atoms with Gasteiger partial charge in [0.15, 0.2) is 5.82 Å². The van der Waals surface area contributed by atoms with Crippen LogP contribution in [0.1, 0.15) is 62.2 Å². The maximum atomic E-state index is 16.5. The van der Waals surface area contributed by atoms with E-state index in [-0.39, 0.29) is 36.8 Å². The molecule has 264 valence electrons. The molecule has 0 spiro atoms. The summed E-state index contributed by atoms with van der Waals surface area (Å²) in [6.45, 7) is 6.61. The highest BCUT2D eigenvalue weighted by molar-refractivity contribution is 7.48. The number of rotatable bonds is 14. The summed E-state index contributed by atoms with van der Waals surface area (Å²) < 4.78 is 54.2. The predicted molar refractivity (Wildman–Crippen MR) is 187 cm³/mol. The molecule has 1 aromatic heterocycles. The number of nitrogens with zero attached hydrogens (tertiary/aromatic N) is 3. The Bertz CT molecular complexity index is 1780. The summed E-state index contributed by atoms with van der Waals surface area (Å²) >= 11 is 0. The second-order valence-electron chi connectivity index (χ2n) is 12.6. The zero-order valence-corrected chi connectivity index (χ0v) is 29.2. The largest absolute Gasteiger partial charge is 0.476 e. The van der Waals surface area contributed by atoms with Crippen LogP contribution in [0.3, 0.4) is 0 Å². The average Bonchev–Trinajstić information content (AvgIpc) is 3.63. The lowest BCUT2D eigenvalue weighted by Gasteiger charge is -2.28. The molecule has 6 rings (SSSR count). The maximum Gasteiger partial charge on any atom is 0.476 e. The summed E-state index contributed by atoms with van der Waals surface area (Å²) in [7, 11) is -4.17. The summed E-state index contributed by atoms with van der Waals surface area (Å²) in [5.41, 5.74) is 8.62. The minimum Gasteiger partial charge on any atom is -0.397 e. The highest BCUT2D eigenvalue weighted by atomic mass is 31.2. The quantitative estimate of drug-likeness (QED) is 0.0713. The van der Waals surface area contributed by atoms with E-state index in [1.54, 1.807) is 19.9 Å². The number of hydrogen-bond donors (Lipinski definition) is 3. The first kappa shape index (κ1) is 35.4. The van der Waals surface area contributed by atoms with Crippen LogP contribution in [0.2, 0.25) is 0 Å². The highest BCUT2D eigenvalue weighted by Gasteiger charge is 2.42. The van der Waals surface area contributed by atoms with Crippen molar-refractivity contribution in [2.75, 3.05) is 30.3 Å². The van der Waals surface area contributed by atoms with E-state index in [1.807, 2.05) is 72.5 Å². The fourth-order valence-electron chi connectivity index (χ4n) is 5.84. The molecule has 0 radical (unpaired) electrons. The van der Waals surface area contributed by atoms with Crippen molar-refractivity contribution in [1.82, 2.24) is 20.6 Å². The van der Waals surface area contributed by atoms with Gasteiger partial charge >= 0.3 is 13.9 Å². The van der Waals surface area contributed by atoms with Crippen molar-refractivity contribution in [1.29, 1.82) is 0 Å². The summed E-state index contributed by atoms with van der Waals surface area (Å²) in [5.74, 6) is -0.314. The van der Waals surface area contributed by atoms with Crippen molar-refractivity contribution in [2.24, 2.45) is 0 Å². The minimum atomic E-state index is -4.17. The molecule has 2 fully saturated rings. The lowest BCUT2D eigenvalue weighted by atomic mass is 9.96. The molecule has 4 N–H and O–H groups in total. The Kier molecular flexibility index (Phi) is 10.8. The third-order valence-electron chi connectivity index (χ3n) is 8.39. The number of urea groups is 1. The van der Waals surface area contributed by atoms with Crippen LogP contribution < -0.4 is 21.3 Å². The van der Waals surface area contributed by atoms with Crippen molar-refractivity contribution >= 4 is 25.2 Å². The van der Waals surface area contributed by atoms with Crippen LogP contribution in [-0.2, 0) is 41.7 Å². The third-order valence-corrected chi connectivity index (χ3v) is 9.96. The standard InChI is InChI=1S/C36H42FN6O6P/c1-4-39-35(44)42-30-21-43(30)33-28(38)18-27(32(37)31(33)29-16-11-17-46-29)26-19-40-34(41-20-26)36(2,3)49-50(45,47-22-24-12-7-5-8-13-24)48-23-25-14-9-6-10-15-25/h5-10,12-15,18-20,29-30H,4,11,16-17,21-23,38H2,1-3H3,(H2,39,42,44)/t29-,30?,43?/m1/s1. The van der Waals surface area contributed by atoms with Gasteiger partial charge in [0, 0.05) is 42.2 Å². The number of benzene rings is 3. The Morgan fingerprint density at radius 1 is 1.06 bits per heavy atom. The predicted octanol–water partition coefficient (Wildman–Crippen LogP) is 6.98. The van der Waals surface area contributed by atoms with Crippen LogP contribution in [0.5, 0.6) is 0 Å². The molecule has 2 saturated heterocycles. The topological polar surface area (TPSA) is 150 Å². The molecule has 14 heteroatoms. The van der Waals surface area contributed by atoms with Gasteiger partial charge in [-0.3, -0.25) is 13.6 Å². The van der Waals surface area contributed by atoms with E-state index < -0.39 is 25.3 Å². The zero-order chi connectivity index (χ0) is 35.3. The van der Waals surface area contributed by atoms with E-state index in [2.05, 4.69) is 20.6 Å². The molecular formula is C36H42FN6O6P. The highest BCUT2D eigenvalue weighted by Crippen LogP contribution is 2.55. The fourth-order valence-corrected chi connectivity index (χ4v) is 7.27. The smallest absolute Gasteiger partial charge is 0.397 e. The number of ether oxygens (including phenoxy) is 1. The molecule has 1 unspecified atom stereocenters. The molecule has 50 heavy (non-hydrogen) atoms. The van der Waals surface area contributed by atoms with Crippen LogP contribution >= 0.6 is 7.82 Å². The Morgan fingerprint density at radius 3 is 2.24 bits per heavy atom. The second-order valence-corrected chi connectivity index (χ2v) is 14.2. The summed E-state index contributed by atoms with van der Waals surface area (Å²) in [6.07, 6.45) is 3.56. The van der Waals surface area contributed by atoms with Crippen molar-refractivity contribution in [3.63, 3.8) is 0 Å². The second kappa shape index (κ2) is 15.2. The zero-order valence-electron chi connectivity index (χ0n) is 28.3. The van der Waals surface area contributed by atoms with Gasteiger partial charge in [0.05, 0.1) is 37.2 Å². The third kappa shape index (κ3) is 8.31. The van der Waals surface area contributed by atoms with Crippen molar-refractivity contribution in [3.8, 4) is 11.1 Å². The van der Waals surface area contributed by atoms with Gasteiger partial charge in [-0.15, -0.1) is 0 Å². The number of anilines is 2. The molecule has 12 nitrogen and oxygen atoms in total. The summed E-state index contributed by atoms with van der Waals surface area (Å²) in [4.78, 5) is 23.0. The van der Waals surface area contributed by atoms with Crippen LogP contribution in [0, 0.1) is 5.82 Å². The molecule has 3 heterocycles. The first-order valence-electron chi connectivity index (χ1n) is 16.6. The van der Waals surface area contributed by atoms with E-state index in [0.717, 1.165) is 17.5 Å². The van der Waals surface area contributed by atoms with Gasteiger partial charge in [0.2, 0.25) is 0 Å². The molecule has 0 saturated carbocycles. The lowest BCUT2D eigenvalue weighted by molar-refractivity contribution is 0.0188. The van der Waals surface area contributed by atoms with Crippen LogP contribution in [0.25, 0.3) is 11.1 Å². The summed E-state index contributed by atoms with van der Waals surface area (Å²) in [5, 5.41) is 5.58. The van der Waals surface area contributed by atoms with Gasteiger partial charge in [0.1, 0.15) is 17.6 Å². The number of nitrogens with one attached hydrogen (secondary N) is 2. The molecule has 2 atom stereocenters. The fraction of sp³-hybridized carbons (Fsp3) is 0.361. The number of nitrogen functional groups attached to an aromatic ring is 1. The Balaban J connectivity index is 1.24. The van der Waals surface area contributed by atoms with Gasteiger partial charge in [0.25, 0.3) is 0 Å². The molecule has 3 aromatic carbocycles. The van der Waals surface area contributed by atoms with Crippen molar-refractivity contribution in [2.45, 2.75) is 64.7 Å². The average molecular weight is 705 g/mol. The van der Waals surface area contributed by atoms with Gasteiger partial charge in [-0.1, -0.05) is 60.7 Å². The number of carbonyl (C=O) groups is 1. The van der Waals surface area contributed by atoms with E-state index >= 15 is 4.39 Å². The Hall–Kier alpha value is -4.39. The number of amides is 2. The SMILES string of the molecule is CCNC(=O)NC1CN1c1c(N)cc(-c2cnc(C(C)(C)OP(=O)(OCc3ccccc3)OCc3ccccc3)nc2)c(F)c1[C@H]1CCCO1. The number of halogens is 1. The molecule has 2 aliphatic heterocycles. The van der Waals surface area contributed by atoms with Crippen LogP contribution in [-0.4, -0.2) is 41.9 Å². The van der Waals surface area contributed by atoms with E-state index in [4.69, 9.17) is 24.0 Å². The molecule has 2 aliphatic rings. The minimum absolute atomic E-state index is 0.00725. The monoisotopic (exact) mass is 704 g/mol. The van der Waals surface area contributed by atoms with Gasteiger partial charge in [-0.25, -0.2) is 23.7 Å². The number of carbonyl (C=O) groups excluding carboxylic acids is 1. The summed E-state index contributed by atoms with van der Waals surface area (Å²) in [6, 6.07) is 19.8. The van der Waals surface area contributed by atoms with E-state index in [9.17, 15) is 9.36 Å². The first-order chi connectivity index (χ1) is 24.1. The number of phosphoric ester groups is 1. The number of hydrogen-bond acceptors (Lipinski definition) is 10. The van der Waals surface area contributed by atoms with E-state index in [1.165, 1.54) is 12.4 Å². The normalized spacial score (nSPS) is 17.5. The molecule has 2 amide bonds. The van der Waals surface area contributed by atoms with Crippen LogP contribution in [0.4, 0.5) is 20.6 Å². The maximum absolute atomic E-state index is 16.5. The number of phosphoric acid groups is 1. The van der Waals surface area contributed by atoms with Crippen LogP contribution in [0.15, 0.2) is 79.1 Å². The van der Waals surface area contributed by atoms with E-state index in [0.29, 0.717) is 48.6 Å². The Labute approximate surface area is 291 Å². The van der Waals surface area contributed by atoms with Crippen molar-refractivity contribution < 1.29 is 32.1 Å². The number of nitrogens with two attached hydrogens (primary N) is 1. The Morgan fingerprint density at radius 2 is 1.68 bits per heavy atom. The molecule has 4 aromatic rings. The van der Waals surface area contributed by atoms with Crippen molar-refractivity contribution in [3.05, 3.63) is 107 Å². The lowest BCUT2D eigenvalue weighted by Crippen LogP contribution is -2.38. The molecule has 0 aliphatic carbocycles. The van der Waals surface area contributed by atoms with Gasteiger partial charge in [-0.05, 0) is 50.8 Å². The van der Waals surface area contributed by atoms with Gasteiger partial charge in [-0.2, -0.15) is 0 Å². The van der Waals surface area contributed by atoms with Gasteiger partial charge < -0.3 is 26.0 Å². The molecular weight excluding hydrogens is 662 g/mol.